The number of amides is 1. The van der Waals surface area contributed by atoms with Gasteiger partial charge in [-0.25, -0.2) is 0 Å². The maximum absolute atomic E-state index is 11.0. The van der Waals surface area contributed by atoms with E-state index in [1.807, 2.05) is 0 Å². The van der Waals surface area contributed by atoms with Gasteiger partial charge in [-0.3, -0.25) is 9.69 Å². The normalized spacial score (nSPS) is 25.2. The van der Waals surface area contributed by atoms with Crippen LogP contribution in [0.4, 0.5) is 0 Å². The van der Waals surface area contributed by atoms with Crippen LogP contribution in [0.1, 0.15) is 32.6 Å². The first-order valence-corrected chi connectivity index (χ1v) is 7.00. The molecule has 1 fully saturated rings. The molecule has 1 amide bonds. The number of nitrogens with one attached hydrogen (secondary N) is 1. The van der Waals surface area contributed by atoms with Crippen LogP contribution in [-0.2, 0) is 4.79 Å². The highest BCUT2D eigenvalue weighted by molar-refractivity contribution is 5.75. The molecule has 0 bridgehead atoms. The Morgan fingerprint density at radius 1 is 1.50 bits per heavy atom. The molecule has 1 rings (SSSR count). The first-order valence-electron chi connectivity index (χ1n) is 7.00. The van der Waals surface area contributed by atoms with Crippen LogP contribution in [0.5, 0.6) is 0 Å². The van der Waals surface area contributed by atoms with Gasteiger partial charge in [0.1, 0.15) is 0 Å². The number of aliphatic hydroxyl groups excluding tert-OH is 1. The second-order valence-electron chi connectivity index (χ2n) is 5.28. The topological polar surface area (TPSA) is 78.6 Å². The first kappa shape index (κ1) is 15.4. The summed E-state index contributed by atoms with van der Waals surface area (Å²) in [4.78, 5) is 13.2. The Morgan fingerprint density at radius 2 is 2.28 bits per heavy atom. The molecule has 5 nitrogen and oxygen atoms in total. The van der Waals surface area contributed by atoms with Gasteiger partial charge in [-0.05, 0) is 18.8 Å². The molecule has 2 unspecified atom stereocenters. The summed E-state index contributed by atoms with van der Waals surface area (Å²) in [5.74, 6) is 0.376. The number of carbonyl (C=O) groups excluding carboxylic acids is 1. The molecule has 5 heteroatoms. The van der Waals surface area contributed by atoms with E-state index >= 15 is 0 Å². The average Bonchev–Trinajstić information content (AvgIpc) is 2.33. The number of likely N-dealkylation sites (tertiary alicyclic amines) is 1. The van der Waals surface area contributed by atoms with Crippen LogP contribution in [0, 0.1) is 5.92 Å². The number of primary amides is 1. The van der Waals surface area contributed by atoms with Crippen molar-refractivity contribution in [2.75, 3.05) is 32.8 Å². The molecular weight excluding hydrogens is 230 g/mol. The van der Waals surface area contributed by atoms with E-state index in [1.165, 1.54) is 19.3 Å². The predicted molar refractivity (Wildman–Crippen MR) is 72.1 cm³/mol. The predicted octanol–water partition coefficient (Wildman–Crippen LogP) is -0.0657. The number of nitrogens with zero attached hydrogens (tertiary/aromatic N) is 1. The zero-order valence-electron chi connectivity index (χ0n) is 11.4. The number of piperidine rings is 1. The number of hydrogen-bond donors (Lipinski definition) is 3. The summed E-state index contributed by atoms with van der Waals surface area (Å²) in [6, 6.07) is 0.368. The van der Waals surface area contributed by atoms with Crippen molar-refractivity contribution in [2.24, 2.45) is 11.7 Å². The standard InChI is InChI=1S/C13H27N3O2/c1-2-3-4-11-7-12(15-5-6-17)9-16(8-11)10-13(14)18/h11-12,15,17H,2-10H2,1H3,(H2,14,18). The fraction of sp³-hybridized carbons (Fsp3) is 0.923. The van der Waals surface area contributed by atoms with Gasteiger partial charge in [0, 0.05) is 25.7 Å². The van der Waals surface area contributed by atoms with Crippen LogP contribution in [-0.4, -0.2) is 54.7 Å². The molecule has 2 atom stereocenters. The van der Waals surface area contributed by atoms with Crippen LogP contribution >= 0.6 is 0 Å². The molecular formula is C13H27N3O2. The van der Waals surface area contributed by atoms with E-state index in [0.29, 0.717) is 25.0 Å². The van der Waals surface area contributed by atoms with Crippen molar-refractivity contribution >= 4 is 5.91 Å². The van der Waals surface area contributed by atoms with Crippen molar-refractivity contribution in [3.63, 3.8) is 0 Å². The summed E-state index contributed by atoms with van der Waals surface area (Å²) >= 11 is 0. The molecule has 0 radical (unpaired) electrons. The number of hydrogen-bond acceptors (Lipinski definition) is 4. The molecule has 1 saturated heterocycles. The summed E-state index contributed by atoms with van der Waals surface area (Å²) in [6.45, 7) is 5.15. The van der Waals surface area contributed by atoms with Gasteiger partial charge >= 0.3 is 0 Å². The van der Waals surface area contributed by atoms with E-state index in [2.05, 4.69) is 17.1 Å². The SMILES string of the molecule is CCCCC1CC(NCCO)CN(CC(N)=O)C1. The molecule has 1 aliphatic rings. The second kappa shape index (κ2) is 8.45. The molecule has 0 aromatic heterocycles. The highest BCUT2D eigenvalue weighted by atomic mass is 16.3. The minimum Gasteiger partial charge on any atom is -0.395 e. The quantitative estimate of drug-likeness (QED) is 0.569. The number of unbranched alkanes of at least 4 members (excludes halogenated alkanes) is 1. The van der Waals surface area contributed by atoms with Crippen LogP contribution in [0.15, 0.2) is 0 Å². The Bertz CT molecular complexity index is 232. The van der Waals surface area contributed by atoms with Crippen LogP contribution < -0.4 is 11.1 Å². The van der Waals surface area contributed by atoms with Gasteiger partial charge in [0.2, 0.25) is 5.91 Å². The minimum atomic E-state index is -0.257. The van der Waals surface area contributed by atoms with Gasteiger partial charge in [0.05, 0.1) is 13.2 Å². The lowest BCUT2D eigenvalue weighted by atomic mass is 9.90. The van der Waals surface area contributed by atoms with Crippen molar-refractivity contribution < 1.29 is 9.90 Å². The Kier molecular flexibility index (Phi) is 7.23. The van der Waals surface area contributed by atoms with Crippen LogP contribution in [0.25, 0.3) is 0 Å². The third kappa shape index (κ3) is 5.80. The van der Waals surface area contributed by atoms with Crippen LogP contribution in [0.3, 0.4) is 0 Å². The largest absolute Gasteiger partial charge is 0.395 e. The molecule has 4 N–H and O–H groups in total. The first-order chi connectivity index (χ1) is 8.65. The van der Waals surface area contributed by atoms with Crippen molar-refractivity contribution in [2.45, 2.75) is 38.6 Å². The molecule has 1 aliphatic heterocycles. The van der Waals surface area contributed by atoms with E-state index in [0.717, 1.165) is 19.5 Å². The second-order valence-corrected chi connectivity index (χ2v) is 5.28. The molecule has 106 valence electrons. The Hall–Kier alpha value is -0.650. The molecule has 0 saturated carbocycles. The Labute approximate surface area is 110 Å². The van der Waals surface area contributed by atoms with E-state index < -0.39 is 0 Å². The lowest BCUT2D eigenvalue weighted by molar-refractivity contribution is -0.119. The van der Waals surface area contributed by atoms with E-state index in [1.54, 1.807) is 0 Å². The molecule has 0 aromatic rings. The van der Waals surface area contributed by atoms with Gasteiger partial charge in [0.15, 0.2) is 0 Å². The maximum atomic E-state index is 11.0. The highest BCUT2D eigenvalue weighted by Gasteiger charge is 2.27. The van der Waals surface area contributed by atoms with E-state index in [9.17, 15) is 4.79 Å². The van der Waals surface area contributed by atoms with Gasteiger partial charge in [-0.15, -0.1) is 0 Å². The summed E-state index contributed by atoms with van der Waals surface area (Å²) < 4.78 is 0. The zero-order valence-corrected chi connectivity index (χ0v) is 11.4. The Morgan fingerprint density at radius 3 is 2.89 bits per heavy atom. The molecule has 0 aliphatic carbocycles. The van der Waals surface area contributed by atoms with Gasteiger partial charge in [-0.1, -0.05) is 19.8 Å². The fourth-order valence-electron chi connectivity index (χ4n) is 2.77. The van der Waals surface area contributed by atoms with Crippen molar-refractivity contribution in [3.8, 4) is 0 Å². The maximum Gasteiger partial charge on any atom is 0.231 e. The van der Waals surface area contributed by atoms with E-state index in [4.69, 9.17) is 10.8 Å². The zero-order chi connectivity index (χ0) is 13.4. The minimum absolute atomic E-state index is 0.159. The fourth-order valence-corrected chi connectivity index (χ4v) is 2.77. The van der Waals surface area contributed by atoms with Gasteiger partial charge in [-0.2, -0.15) is 0 Å². The van der Waals surface area contributed by atoms with Crippen molar-refractivity contribution in [3.05, 3.63) is 0 Å². The Balaban J connectivity index is 2.45. The van der Waals surface area contributed by atoms with Gasteiger partial charge in [0.25, 0.3) is 0 Å². The summed E-state index contributed by atoms with van der Waals surface area (Å²) in [5.41, 5.74) is 5.27. The average molecular weight is 257 g/mol. The van der Waals surface area contributed by atoms with Crippen molar-refractivity contribution in [1.82, 2.24) is 10.2 Å². The third-order valence-electron chi connectivity index (χ3n) is 3.50. The molecule has 18 heavy (non-hydrogen) atoms. The number of carbonyl (C=O) groups is 1. The lowest BCUT2D eigenvalue weighted by Gasteiger charge is -2.37. The summed E-state index contributed by atoms with van der Waals surface area (Å²) in [7, 11) is 0. The highest BCUT2D eigenvalue weighted by Crippen LogP contribution is 2.21. The van der Waals surface area contributed by atoms with Gasteiger partial charge < -0.3 is 16.2 Å². The summed E-state index contributed by atoms with van der Waals surface area (Å²) in [5, 5.41) is 12.2. The van der Waals surface area contributed by atoms with Crippen LogP contribution in [0.2, 0.25) is 0 Å². The monoisotopic (exact) mass is 257 g/mol. The van der Waals surface area contributed by atoms with E-state index in [-0.39, 0.29) is 12.5 Å². The number of aliphatic hydroxyl groups is 1. The number of nitrogens with two attached hydrogens (primary N) is 1. The summed E-state index contributed by atoms with van der Waals surface area (Å²) in [6.07, 6.45) is 4.79. The molecule has 0 spiro atoms. The van der Waals surface area contributed by atoms with Crippen molar-refractivity contribution in [1.29, 1.82) is 0 Å². The lowest BCUT2D eigenvalue weighted by Crippen LogP contribution is -2.51. The molecule has 1 heterocycles. The third-order valence-corrected chi connectivity index (χ3v) is 3.50. The number of rotatable bonds is 8. The smallest absolute Gasteiger partial charge is 0.231 e. The molecule has 0 aromatic carbocycles.